The molecule has 0 aliphatic rings. The van der Waals surface area contributed by atoms with Crippen LogP contribution in [0, 0.1) is 0 Å². The van der Waals surface area contributed by atoms with E-state index in [9.17, 15) is 0 Å². The van der Waals surface area contributed by atoms with E-state index in [1.807, 2.05) is 0 Å². The molecule has 0 heterocycles. The molecule has 0 saturated heterocycles. The predicted molar refractivity (Wildman–Crippen MR) is 35.2 cm³/mol. The van der Waals surface area contributed by atoms with Crippen molar-refractivity contribution in [1.29, 1.82) is 0 Å². The Labute approximate surface area is 80.1 Å². The van der Waals surface area contributed by atoms with Gasteiger partial charge >= 0.3 is 52.6 Å². The maximum atomic E-state index is 0. The van der Waals surface area contributed by atoms with Crippen molar-refractivity contribution in [1.82, 2.24) is 6.15 Å². The van der Waals surface area contributed by atoms with Crippen LogP contribution in [0.15, 0.2) is 0 Å². The molecule has 0 atom stereocenters. The van der Waals surface area contributed by atoms with Crippen LogP contribution in [0.4, 0.5) is 0 Å². The van der Waals surface area contributed by atoms with E-state index in [0.29, 0.717) is 0 Å². The SMILES string of the molecule is N.O.O.O.O.[MgH2].[NaH]. The normalized spacial score (nSPS) is 0. The van der Waals surface area contributed by atoms with Gasteiger partial charge in [0.25, 0.3) is 0 Å². The summed E-state index contributed by atoms with van der Waals surface area (Å²) < 4.78 is 0. The molecule has 5 nitrogen and oxygen atoms in total. The van der Waals surface area contributed by atoms with Crippen molar-refractivity contribution in [3.63, 3.8) is 0 Å². The van der Waals surface area contributed by atoms with Gasteiger partial charge in [-0.25, -0.2) is 0 Å². The zero-order chi connectivity index (χ0) is 0. The Morgan fingerprint density at radius 2 is 0.571 bits per heavy atom. The summed E-state index contributed by atoms with van der Waals surface area (Å²) >= 11 is 0. The van der Waals surface area contributed by atoms with Crippen molar-refractivity contribution in [2.45, 2.75) is 0 Å². The van der Waals surface area contributed by atoms with Crippen LogP contribution in [0.5, 0.6) is 0 Å². The molecular weight excluding hydrogens is 125 g/mol. The first kappa shape index (κ1) is 200. The van der Waals surface area contributed by atoms with Gasteiger partial charge in [0, 0.05) is 0 Å². The zero-order valence-electron chi connectivity index (χ0n) is 2.71. The third-order valence-corrected chi connectivity index (χ3v) is 0. The molecular formula is H14MgNNaO4. The molecule has 0 rings (SSSR count). The monoisotopic (exact) mass is 139 g/mol. The summed E-state index contributed by atoms with van der Waals surface area (Å²) in [5.41, 5.74) is 0. The summed E-state index contributed by atoms with van der Waals surface area (Å²) in [6, 6.07) is 0. The van der Waals surface area contributed by atoms with Crippen molar-refractivity contribution >= 4 is 52.6 Å². The molecule has 0 saturated carbocycles. The molecule has 0 radical (unpaired) electrons. The summed E-state index contributed by atoms with van der Waals surface area (Å²) in [7, 11) is 0. The Morgan fingerprint density at radius 1 is 0.571 bits per heavy atom. The fourth-order valence-corrected chi connectivity index (χ4v) is 0. The van der Waals surface area contributed by atoms with Gasteiger partial charge in [-0.2, -0.15) is 0 Å². The van der Waals surface area contributed by atoms with E-state index in [1.165, 1.54) is 0 Å². The van der Waals surface area contributed by atoms with Gasteiger partial charge in [0.1, 0.15) is 0 Å². The maximum absolute atomic E-state index is 0. The van der Waals surface area contributed by atoms with Gasteiger partial charge in [-0.05, 0) is 0 Å². The molecule has 0 unspecified atom stereocenters. The molecule has 0 aromatic carbocycles. The van der Waals surface area contributed by atoms with Crippen LogP contribution in [0.25, 0.3) is 0 Å². The van der Waals surface area contributed by atoms with Crippen LogP contribution in [-0.2, 0) is 0 Å². The van der Waals surface area contributed by atoms with Crippen LogP contribution in [0.3, 0.4) is 0 Å². The van der Waals surface area contributed by atoms with E-state index in [4.69, 9.17) is 0 Å². The third kappa shape index (κ3) is 95.6. The number of hydrogen-bond acceptors (Lipinski definition) is 1. The van der Waals surface area contributed by atoms with Crippen LogP contribution in [-0.4, -0.2) is 74.5 Å². The summed E-state index contributed by atoms with van der Waals surface area (Å²) in [5, 5.41) is 0. The van der Waals surface area contributed by atoms with Crippen molar-refractivity contribution in [3.8, 4) is 0 Å². The molecule has 11 N–H and O–H groups in total. The molecule has 0 aliphatic heterocycles. The molecule has 0 bridgehead atoms. The van der Waals surface area contributed by atoms with E-state index < -0.39 is 0 Å². The Hall–Kier alpha value is 1.57. The molecule has 7 heavy (non-hydrogen) atoms. The van der Waals surface area contributed by atoms with Gasteiger partial charge in [-0.1, -0.05) is 0 Å². The van der Waals surface area contributed by atoms with Crippen molar-refractivity contribution in [3.05, 3.63) is 0 Å². The van der Waals surface area contributed by atoms with Gasteiger partial charge in [-0.3, -0.25) is 0 Å². The van der Waals surface area contributed by atoms with Gasteiger partial charge in [0.15, 0.2) is 0 Å². The molecule has 0 fully saturated rings. The minimum absolute atomic E-state index is 0. The van der Waals surface area contributed by atoms with E-state index >= 15 is 0 Å². The average Bonchev–Trinajstić information content (AvgIpc) is 0. The standard InChI is InChI=1S/Mg.H3N.Na.4H2O.3H/h;1H3;;4*1H2;;;. The average molecular weight is 139 g/mol. The summed E-state index contributed by atoms with van der Waals surface area (Å²) in [4.78, 5) is 0. The molecule has 46 valence electrons. The van der Waals surface area contributed by atoms with E-state index in [1.54, 1.807) is 0 Å². The van der Waals surface area contributed by atoms with Crippen molar-refractivity contribution < 1.29 is 21.9 Å². The van der Waals surface area contributed by atoms with Gasteiger partial charge in [0.05, 0.1) is 0 Å². The van der Waals surface area contributed by atoms with Crippen LogP contribution in [0.2, 0.25) is 0 Å². The second-order valence-electron chi connectivity index (χ2n) is 0. The van der Waals surface area contributed by atoms with E-state index in [0.717, 1.165) is 0 Å². The van der Waals surface area contributed by atoms with Gasteiger partial charge in [0.2, 0.25) is 0 Å². The summed E-state index contributed by atoms with van der Waals surface area (Å²) in [6.07, 6.45) is 0. The van der Waals surface area contributed by atoms with Crippen molar-refractivity contribution in [2.24, 2.45) is 0 Å². The Bertz CT molecular complexity index is 11.7. The molecule has 0 aromatic rings. The zero-order valence-corrected chi connectivity index (χ0v) is 2.71. The van der Waals surface area contributed by atoms with Crippen LogP contribution < -0.4 is 6.15 Å². The summed E-state index contributed by atoms with van der Waals surface area (Å²) in [5.74, 6) is 0. The summed E-state index contributed by atoms with van der Waals surface area (Å²) in [6.45, 7) is 0. The molecule has 7 heteroatoms. The Kier molecular flexibility index (Phi) is 3800. The van der Waals surface area contributed by atoms with Gasteiger partial charge < -0.3 is 28.1 Å². The number of hydrogen-bond donors (Lipinski definition) is 1. The third-order valence-electron chi connectivity index (χ3n) is 0. The first-order valence-electron chi connectivity index (χ1n) is 0. The van der Waals surface area contributed by atoms with Crippen LogP contribution in [0.1, 0.15) is 0 Å². The predicted octanol–water partition coefficient (Wildman–Crippen LogP) is -4.70. The first-order valence-corrected chi connectivity index (χ1v) is 0. The van der Waals surface area contributed by atoms with Crippen molar-refractivity contribution in [2.75, 3.05) is 0 Å². The molecule has 0 aliphatic carbocycles. The second-order valence-corrected chi connectivity index (χ2v) is 0. The quantitative estimate of drug-likeness (QED) is 0.328. The Morgan fingerprint density at radius 3 is 0.571 bits per heavy atom. The fourth-order valence-electron chi connectivity index (χ4n) is 0. The fraction of sp³-hybridized carbons (Fsp3) is 0. The Balaban J connectivity index is 0. The minimum atomic E-state index is 0. The van der Waals surface area contributed by atoms with Gasteiger partial charge in [-0.15, -0.1) is 0 Å². The van der Waals surface area contributed by atoms with E-state index in [2.05, 4.69) is 0 Å². The molecule has 0 spiro atoms. The van der Waals surface area contributed by atoms with Crippen LogP contribution >= 0.6 is 0 Å². The number of rotatable bonds is 0. The molecule has 0 amide bonds. The topological polar surface area (TPSA) is 161 Å². The molecule has 0 aromatic heterocycles. The first-order chi connectivity index (χ1) is 0. The second kappa shape index (κ2) is 133. The van der Waals surface area contributed by atoms with E-state index in [-0.39, 0.29) is 80.7 Å².